The average Bonchev–Trinajstić information content (AvgIpc) is 3.15. The summed E-state index contributed by atoms with van der Waals surface area (Å²) in [5.41, 5.74) is 4.53. The quantitative estimate of drug-likeness (QED) is 0.569. The summed E-state index contributed by atoms with van der Waals surface area (Å²) in [6.07, 6.45) is 3.34. The number of nitrogens with zero attached hydrogens (tertiary/aromatic N) is 6. The average molecular weight is 308 g/mol. The monoisotopic (exact) mass is 308 g/mol. The molecule has 0 aliphatic heterocycles. The molecule has 6 nitrogen and oxygen atoms in total. The number of rotatable bonds is 2. The molecule has 4 rings (SSSR count). The van der Waals surface area contributed by atoms with Crippen molar-refractivity contribution in [2.45, 2.75) is 13.8 Å². The first kappa shape index (κ1) is 13.0. The lowest BCUT2D eigenvalue weighted by Crippen LogP contribution is -1.95. The topological polar surface area (TPSA) is 69.4 Å². The van der Waals surface area contributed by atoms with E-state index in [9.17, 15) is 0 Å². The highest BCUT2D eigenvalue weighted by Gasteiger charge is 2.10. The van der Waals surface area contributed by atoms with Crippen LogP contribution in [0.15, 0.2) is 36.9 Å². The van der Waals surface area contributed by atoms with Crippen molar-refractivity contribution >= 4 is 22.5 Å². The van der Waals surface area contributed by atoms with Crippen LogP contribution in [-0.2, 0) is 0 Å². The van der Waals surface area contributed by atoms with E-state index in [4.69, 9.17) is 0 Å². The molecule has 0 spiro atoms. The maximum Gasteiger partial charge on any atom is 0.168 e. The first-order valence-corrected chi connectivity index (χ1v) is 7.59. The van der Waals surface area contributed by atoms with Crippen LogP contribution in [0, 0.1) is 13.8 Å². The zero-order valence-electron chi connectivity index (χ0n) is 12.1. The third-order valence-corrected chi connectivity index (χ3v) is 4.30. The van der Waals surface area contributed by atoms with Crippen molar-refractivity contribution in [2.75, 3.05) is 0 Å². The number of aromatic nitrogens is 6. The van der Waals surface area contributed by atoms with E-state index in [1.807, 2.05) is 36.6 Å². The Morgan fingerprint density at radius 2 is 1.95 bits per heavy atom. The van der Waals surface area contributed by atoms with Gasteiger partial charge in [-0.05, 0) is 26.0 Å². The van der Waals surface area contributed by atoms with Crippen molar-refractivity contribution in [1.82, 2.24) is 29.7 Å². The first-order chi connectivity index (χ1) is 10.7. The van der Waals surface area contributed by atoms with Crippen LogP contribution in [0.2, 0.25) is 0 Å². The van der Waals surface area contributed by atoms with Crippen molar-refractivity contribution in [3.05, 3.63) is 47.6 Å². The minimum absolute atomic E-state index is 0.804. The Hall–Kier alpha value is -2.67. The van der Waals surface area contributed by atoms with Crippen LogP contribution in [0.1, 0.15) is 10.7 Å². The van der Waals surface area contributed by atoms with Gasteiger partial charge in [0.05, 0.1) is 5.69 Å². The van der Waals surface area contributed by atoms with E-state index >= 15 is 0 Å². The van der Waals surface area contributed by atoms with Gasteiger partial charge in [-0.1, -0.05) is 23.5 Å². The highest BCUT2D eigenvalue weighted by molar-refractivity contribution is 7.14. The van der Waals surface area contributed by atoms with E-state index in [0.29, 0.717) is 0 Å². The van der Waals surface area contributed by atoms with Gasteiger partial charge < -0.3 is 0 Å². The van der Waals surface area contributed by atoms with E-state index in [1.165, 1.54) is 0 Å². The molecule has 1 aromatic carbocycles. The standard InChI is InChI=1S/C15H12N6S/c1-9-13-14(17-7-16-9)21(8-18-13)12-5-3-4-11(6-12)15-20-19-10(2)22-15/h3-8H,1-2H3. The molecule has 0 saturated heterocycles. The summed E-state index contributed by atoms with van der Waals surface area (Å²) >= 11 is 1.58. The number of fused-ring (bicyclic) bond motifs is 1. The summed E-state index contributed by atoms with van der Waals surface area (Å²) in [4.78, 5) is 12.9. The van der Waals surface area contributed by atoms with E-state index in [1.54, 1.807) is 24.0 Å². The van der Waals surface area contributed by atoms with Gasteiger partial charge in [-0.2, -0.15) is 0 Å². The number of hydrogen-bond donors (Lipinski definition) is 0. The fraction of sp³-hybridized carbons (Fsp3) is 0.133. The second-order valence-corrected chi connectivity index (χ2v) is 6.10. The maximum atomic E-state index is 4.41. The van der Waals surface area contributed by atoms with Crippen LogP contribution in [0.5, 0.6) is 0 Å². The molecular weight excluding hydrogens is 296 g/mol. The Bertz CT molecular complexity index is 971. The van der Waals surface area contributed by atoms with Gasteiger partial charge >= 0.3 is 0 Å². The molecule has 3 heterocycles. The molecule has 3 aromatic heterocycles. The molecule has 108 valence electrons. The minimum atomic E-state index is 0.804. The van der Waals surface area contributed by atoms with Gasteiger partial charge in [0.1, 0.15) is 28.2 Å². The van der Waals surface area contributed by atoms with E-state index in [2.05, 4.69) is 31.2 Å². The van der Waals surface area contributed by atoms with Crippen molar-refractivity contribution in [3.8, 4) is 16.3 Å². The smallest absolute Gasteiger partial charge is 0.168 e. The van der Waals surface area contributed by atoms with E-state index < -0.39 is 0 Å². The summed E-state index contributed by atoms with van der Waals surface area (Å²) in [7, 11) is 0. The van der Waals surface area contributed by atoms with Crippen LogP contribution in [0.3, 0.4) is 0 Å². The summed E-state index contributed by atoms with van der Waals surface area (Å²) < 4.78 is 1.96. The molecule has 0 atom stereocenters. The van der Waals surface area contributed by atoms with Gasteiger partial charge in [0, 0.05) is 11.3 Å². The van der Waals surface area contributed by atoms with Crippen molar-refractivity contribution in [2.24, 2.45) is 0 Å². The lowest BCUT2D eigenvalue weighted by Gasteiger charge is -2.05. The van der Waals surface area contributed by atoms with Gasteiger partial charge in [-0.15, -0.1) is 10.2 Å². The zero-order valence-corrected chi connectivity index (χ0v) is 12.9. The molecule has 0 N–H and O–H groups in total. The maximum absolute atomic E-state index is 4.41. The minimum Gasteiger partial charge on any atom is -0.283 e. The third-order valence-electron chi connectivity index (χ3n) is 3.41. The largest absolute Gasteiger partial charge is 0.283 e. The van der Waals surface area contributed by atoms with Crippen LogP contribution in [0.25, 0.3) is 27.4 Å². The third kappa shape index (κ3) is 2.06. The van der Waals surface area contributed by atoms with Crippen LogP contribution >= 0.6 is 11.3 Å². The van der Waals surface area contributed by atoms with Crippen molar-refractivity contribution < 1.29 is 0 Å². The van der Waals surface area contributed by atoms with Crippen molar-refractivity contribution in [1.29, 1.82) is 0 Å². The molecule has 4 aromatic rings. The Balaban J connectivity index is 1.87. The molecule has 0 aliphatic rings. The van der Waals surface area contributed by atoms with Gasteiger partial charge in [0.25, 0.3) is 0 Å². The number of imidazole rings is 1. The van der Waals surface area contributed by atoms with Gasteiger partial charge in [-0.25, -0.2) is 15.0 Å². The fourth-order valence-electron chi connectivity index (χ4n) is 2.34. The molecule has 0 saturated carbocycles. The normalized spacial score (nSPS) is 11.2. The molecule has 0 aliphatic carbocycles. The molecular formula is C15H12N6S. The van der Waals surface area contributed by atoms with Gasteiger partial charge in [-0.3, -0.25) is 4.57 Å². The summed E-state index contributed by atoms with van der Waals surface area (Å²) in [6, 6.07) is 8.12. The summed E-state index contributed by atoms with van der Waals surface area (Å²) in [5.74, 6) is 0. The van der Waals surface area contributed by atoms with Crippen molar-refractivity contribution in [3.63, 3.8) is 0 Å². The van der Waals surface area contributed by atoms with Gasteiger partial charge in [0.2, 0.25) is 0 Å². The second kappa shape index (κ2) is 4.96. The number of benzene rings is 1. The summed E-state index contributed by atoms with van der Waals surface area (Å²) in [5, 5.41) is 10.1. The van der Waals surface area contributed by atoms with Gasteiger partial charge in [0.15, 0.2) is 5.65 Å². The molecule has 0 fully saturated rings. The number of aryl methyl sites for hydroxylation is 2. The molecule has 7 heteroatoms. The number of hydrogen-bond acceptors (Lipinski definition) is 6. The molecule has 0 bridgehead atoms. The van der Waals surface area contributed by atoms with E-state index in [-0.39, 0.29) is 0 Å². The predicted molar refractivity (Wildman–Crippen MR) is 85.0 cm³/mol. The SMILES string of the molecule is Cc1nnc(-c2cccc(-n3cnc4c(C)ncnc43)c2)s1. The molecule has 22 heavy (non-hydrogen) atoms. The zero-order chi connectivity index (χ0) is 15.1. The fourth-order valence-corrected chi connectivity index (χ4v) is 3.03. The first-order valence-electron chi connectivity index (χ1n) is 6.78. The van der Waals surface area contributed by atoms with Crippen LogP contribution in [0.4, 0.5) is 0 Å². The predicted octanol–water partition coefficient (Wildman–Crippen LogP) is 2.95. The second-order valence-electron chi connectivity index (χ2n) is 4.92. The highest BCUT2D eigenvalue weighted by atomic mass is 32.1. The van der Waals surface area contributed by atoms with Crippen LogP contribution in [-0.4, -0.2) is 29.7 Å². The Kier molecular flexibility index (Phi) is 2.93. The Morgan fingerprint density at radius 1 is 1.05 bits per heavy atom. The Labute approximate surface area is 130 Å². The molecule has 0 amide bonds. The highest BCUT2D eigenvalue weighted by Crippen LogP contribution is 2.26. The Morgan fingerprint density at radius 3 is 2.77 bits per heavy atom. The van der Waals surface area contributed by atoms with E-state index in [0.717, 1.165) is 38.1 Å². The molecule has 0 radical (unpaired) electrons. The lowest BCUT2D eigenvalue weighted by molar-refractivity contribution is 1.04. The molecule has 0 unspecified atom stereocenters. The van der Waals surface area contributed by atoms with Crippen LogP contribution < -0.4 is 0 Å². The summed E-state index contributed by atoms with van der Waals surface area (Å²) in [6.45, 7) is 3.88. The lowest BCUT2D eigenvalue weighted by atomic mass is 10.2.